The van der Waals surface area contributed by atoms with Crippen LogP contribution < -0.4 is 0 Å². The maximum Gasteiger partial charge on any atom is 0.133 e. The first kappa shape index (κ1) is 13.4. The Labute approximate surface area is 98.7 Å². The molecule has 0 amide bonds. The SMILES string of the molecule is C/C(=C\C[C@H](C)[C@@H]1CCC(=O)C1)CC(C)O. The summed E-state index contributed by atoms with van der Waals surface area (Å²) in [6.07, 6.45) is 6.41. The van der Waals surface area contributed by atoms with Gasteiger partial charge in [0.15, 0.2) is 0 Å². The number of hydrogen-bond acceptors (Lipinski definition) is 2. The van der Waals surface area contributed by atoms with E-state index >= 15 is 0 Å². The Kier molecular flexibility index (Phi) is 5.20. The molecular weight excluding hydrogens is 200 g/mol. The van der Waals surface area contributed by atoms with Crippen molar-refractivity contribution in [2.45, 2.75) is 59.0 Å². The molecule has 1 rings (SSSR count). The molecular formula is C14H24O2. The van der Waals surface area contributed by atoms with Crippen molar-refractivity contribution in [2.24, 2.45) is 11.8 Å². The fraction of sp³-hybridized carbons (Fsp3) is 0.786. The van der Waals surface area contributed by atoms with Gasteiger partial charge in [0.1, 0.15) is 5.78 Å². The van der Waals surface area contributed by atoms with E-state index < -0.39 is 0 Å². The van der Waals surface area contributed by atoms with Crippen LogP contribution in [0.3, 0.4) is 0 Å². The number of ketones is 1. The van der Waals surface area contributed by atoms with Crippen molar-refractivity contribution in [3.8, 4) is 0 Å². The molecule has 0 bridgehead atoms. The number of aliphatic hydroxyl groups is 1. The number of allylic oxidation sites excluding steroid dienone is 1. The molecule has 16 heavy (non-hydrogen) atoms. The van der Waals surface area contributed by atoms with Gasteiger partial charge in [-0.2, -0.15) is 0 Å². The van der Waals surface area contributed by atoms with Gasteiger partial charge < -0.3 is 5.11 Å². The molecule has 1 saturated carbocycles. The maximum atomic E-state index is 11.2. The van der Waals surface area contributed by atoms with Crippen LogP contribution in [0.25, 0.3) is 0 Å². The first-order chi connectivity index (χ1) is 7.49. The third kappa shape index (κ3) is 4.48. The minimum Gasteiger partial charge on any atom is -0.393 e. The van der Waals surface area contributed by atoms with Crippen molar-refractivity contribution >= 4 is 5.78 Å². The molecule has 0 aliphatic heterocycles. The highest BCUT2D eigenvalue weighted by atomic mass is 16.3. The van der Waals surface area contributed by atoms with Gasteiger partial charge in [-0.15, -0.1) is 0 Å². The van der Waals surface area contributed by atoms with E-state index in [-0.39, 0.29) is 6.10 Å². The van der Waals surface area contributed by atoms with Gasteiger partial charge in [-0.3, -0.25) is 4.79 Å². The third-order valence-electron chi connectivity index (χ3n) is 3.54. The minimum atomic E-state index is -0.250. The predicted molar refractivity (Wildman–Crippen MR) is 66.2 cm³/mol. The van der Waals surface area contributed by atoms with Crippen LogP contribution in [-0.4, -0.2) is 17.0 Å². The second-order valence-electron chi connectivity index (χ2n) is 5.36. The van der Waals surface area contributed by atoms with E-state index in [1.807, 2.05) is 6.92 Å². The van der Waals surface area contributed by atoms with Crippen molar-refractivity contribution < 1.29 is 9.90 Å². The monoisotopic (exact) mass is 224 g/mol. The summed E-state index contributed by atoms with van der Waals surface area (Å²) in [5.41, 5.74) is 1.26. The van der Waals surface area contributed by atoms with Crippen molar-refractivity contribution in [3.63, 3.8) is 0 Å². The zero-order valence-corrected chi connectivity index (χ0v) is 10.7. The number of carbonyl (C=O) groups excluding carboxylic acids is 1. The standard InChI is InChI=1S/C14H24O2/c1-10(8-12(3)15)4-5-11(2)13-6-7-14(16)9-13/h4,11-13,15H,5-9H2,1-3H3/b10-4+/t11-,12?,13+/m0/s1. The zero-order chi connectivity index (χ0) is 12.1. The van der Waals surface area contributed by atoms with Crippen LogP contribution in [-0.2, 0) is 4.79 Å². The molecule has 92 valence electrons. The van der Waals surface area contributed by atoms with Crippen molar-refractivity contribution in [2.75, 3.05) is 0 Å². The van der Waals surface area contributed by atoms with Crippen LogP contribution >= 0.6 is 0 Å². The van der Waals surface area contributed by atoms with E-state index in [0.717, 1.165) is 32.1 Å². The Morgan fingerprint density at radius 1 is 1.56 bits per heavy atom. The summed E-state index contributed by atoms with van der Waals surface area (Å²) in [6, 6.07) is 0. The molecule has 1 unspecified atom stereocenters. The fourth-order valence-electron chi connectivity index (χ4n) is 2.46. The summed E-state index contributed by atoms with van der Waals surface area (Å²) < 4.78 is 0. The predicted octanol–water partition coefficient (Wildman–Crippen LogP) is 3.10. The Morgan fingerprint density at radius 2 is 2.25 bits per heavy atom. The van der Waals surface area contributed by atoms with E-state index in [1.54, 1.807) is 0 Å². The Balaban J connectivity index is 2.34. The zero-order valence-electron chi connectivity index (χ0n) is 10.7. The quantitative estimate of drug-likeness (QED) is 0.729. The molecule has 0 aromatic carbocycles. The lowest BCUT2D eigenvalue weighted by atomic mass is 9.89. The second-order valence-corrected chi connectivity index (χ2v) is 5.36. The fourth-order valence-corrected chi connectivity index (χ4v) is 2.46. The van der Waals surface area contributed by atoms with Crippen LogP contribution in [0.15, 0.2) is 11.6 Å². The molecule has 1 fully saturated rings. The number of Topliss-reactive ketones (excluding diaryl/α,β-unsaturated/α-hetero) is 1. The molecule has 3 atom stereocenters. The van der Waals surface area contributed by atoms with Crippen LogP contribution in [0.2, 0.25) is 0 Å². The molecule has 0 aromatic heterocycles. The van der Waals surface area contributed by atoms with E-state index in [2.05, 4.69) is 19.9 Å². The highest BCUT2D eigenvalue weighted by Gasteiger charge is 2.26. The second kappa shape index (κ2) is 6.19. The molecule has 0 spiro atoms. The van der Waals surface area contributed by atoms with E-state index in [0.29, 0.717) is 17.6 Å². The van der Waals surface area contributed by atoms with Crippen LogP contribution in [0, 0.1) is 11.8 Å². The average Bonchev–Trinajstić information content (AvgIpc) is 2.60. The average molecular weight is 224 g/mol. The molecule has 2 heteroatoms. The van der Waals surface area contributed by atoms with Gasteiger partial charge in [0.25, 0.3) is 0 Å². The lowest BCUT2D eigenvalue weighted by Gasteiger charge is -2.16. The van der Waals surface area contributed by atoms with Crippen LogP contribution in [0.4, 0.5) is 0 Å². The molecule has 2 nitrogen and oxygen atoms in total. The lowest BCUT2D eigenvalue weighted by molar-refractivity contribution is -0.117. The van der Waals surface area contributed by atoms with Gasteiger partial charge in [-0.05, 0) is 44.9 Å². The van der Waals surface area contributed by atoms with Gasteiger partial charge in [0.2, 0.25) is 0 Å². The van der Waals surface area contributed by atoms with Crippen molar-refractivity contribution in [1.29, 1.82) is 0 Å². The number of hydrogen-bond donors (Lipinski definition) is 1. The highest BCUT2D eigenvalue weighted by molar-refractivity contribution is 5.80. The summed E-state index contributed by atoms with van der Waals surface area (Å²) in [7, 11) is 0. The molecule has 0 heterocycles. The molecule has 0 radical (unpaired) electrons. The first-order valence-corrected chi connectivity index (χ1v) is 6.34. The molecule has 0 saturated heterocycles. The maximum absolute atomic E-state index is 11.2. The topological polar surface area (TPSA) is 37.3 Å². The molecule has 1 N–H and O–H groups in total. The largest absolute Gasteiger partial charge is 0.393 e. The summed E-state index contributed by atoms with van der Waals surface area (Å²) >= 11 is 0. The van der Waals surface area contributed by atoms with Gasteiger partial charge in [-0.1, -0.05) is 18.6 Å². The van der Waals surface area contributed by atoms with Gasteiger partial charge in [-0.25, -0.2) is 0 Å². The Hall–Kier alpha value is -0.630. The lowest BCUT2D eigenvalue weighted by Crippen LogP contribution is -2.08. The van der Waals surface area contributed by atoms with E-state index in [1.165, 1.54) is 5.57 Å². The summed E-state index contributed by atoms with van der Waals surface area (Å²) in [6.45, 7) is 6.12. The molecule has 0 aromatic rings. The Morgan fingerprint density at radius 3 is 2.75 bits per heavy atom. The van der Waals surface area contributed by atoms with Gasteiger partial charge in [0, 0.05) is 12.8 Å². The van der Waals surface area contributed by atoms with Gasteiger partial charge >= 0.3 is 0 Å². The summed E-state index contributed by atoms with van der Waals surface area (Å²) in [4.78, 5) is 11.2. The van der Waals surface area contributed by atoms with Crippen molar-refractivity contribution in [1.82, 2.24) is 0 Å². The highest BCUT2D eigenvalue weighted by Crippen LogP contribution is 2.31. The minimum absolute atomic E-state index is 0.250. The van der Waals surface area contributed by atoms with Crippen molar-refractivity contribution in [3.05, 3.63) is 11.6 Å². The Bertz CT molecular complexity index is 266. The summed E-state index contributed by atoms with van der Waals surface area (Å²) in [5, 5.41) is 9.25. The van der Waals surface area contributed by atoms with Crippen LogP contribution in [0.1, 0.15) is 52.9 Å². The van der Waals surface area contributed by atoms with Crippen LogP contribution in [0.5, 0.6) is 0 Å². The van der Waals surface area contributed by atoms with Gasteiger partial charge in [0.05, 0.1) is 6.10 Å². The third-order valence-corrected chi connectivity index (χ3v) is 3.54. The first-order valence-electron chi connectivity index (χ1n) is 6.34. The number of rotatable bonds is 5. The van der Waals surface area contributed by atoms with E-state index in [4.69, 9.17) is 0 Å². The number of aliphatic hydroxyl groups excluding tert-OH is 1. The molecule has 1 aliphatic carbocycles. The van der Waals surface area contributed by atoms with E-state index in [9.17, 15) is 9.90 Å². The normalized spacial score (nSPS) is 25.9. The smallest absolute Gasteiger partial charge is 0.133 e. The summed E-state index contributed by atoms with van der Waals surface area (Å²) in [5.74, 6) is 1.61. The molecule has 1 aliphatic rings. The number of carbonyl (C=O) groups is 1.